The highest BCUT2D eigenvalue weighted by Gasteiger charge is 2.28. The first-order chi connectivity index (χ1) is 14.2. The fourth-order valence-electron chi connectivity index (χ4n) is 3.47. The van der Waals surface area contributed by atoms with Gasteiger partial charge in [0.15, 0.2) is 0 Å². The fourth-order valence-corrected chi connectivity index (χ4v) is 3.47. The molecule has 0 saturated heterocycles. The van der Waals surface area contributed by atoms with E-state index in [0.29, 0.717) is 11.4 Å². The van der Waals surface area contributed by atoms with Crippen molar-refractivity contribution >= 4 is 17.2 Å². The van der Waals surface area contributed by atoms with Crippen LogP contribution in [0.2, 0.25) is 0 Å². The summed E-state index contributed by atoms with van der Waals surface area (Å²) in [5.74, 6) is -1.89. The van der Waals surface area contributed by atoms with Crippen LogP contribution in [-0.4, -0.2) is 16.5 Å². The van der Waals surface area contributed by atoms with E-state index in [2.05, 4.69) is 10.3 Å². The molecule has 0 radical (unpaired) electrons. The summed E-state index contributed by atoms with van der Waals surface area (Å²) in [7, 11) is 0. The Hall–Kier alpha value is -3.54. The molecule has 2 heterocycles. The van der Waals surface area contributed by atoms with E-state index in [4.69, 9.17) is 4.74 Å². The van der Waals surface area contributed by atoms with Crippen molar-refractivity contribution in [3.63, 3.8) is 0 Å². The van der Waals surface area contributed by atoms with E-state index in [0.717, 1.165) is 34.6 Å². The zero-order valence-corrected chi connectivity index (χ0v) is 16.8. The van der Waals surface area contributed by atoms with Gasteiger partial charge < -0.3 is 10.1 Å². The molecule has 0 saturated carbocycles. The van der Waals surface area contributed by atoms with Crippen LogP contribution >= 0.6 is 0 Å². The average molecular weight is 406 g/mol. The van der Waals surface area contributed by atoms with Crippen molar-refractivity contribution < 1.29 is 18.3 Å². The van der Waals surface area contributed by atoms with Gasteiger partial charge in [0.1, 0.15) is 28.5 Å². The van der Waals surface area contributed by atoms with Crippen LogP contribution < -0.4 is 10.1 Å². The van der Waals surface area contributed by atoms with Gasteiger partial charge in [-0.15, -0.1) is 0 Å². The van der Waals surface area contributed by atoms with Crippen molar-refractivity contribution in [3.05, 3.63) is 94.8 Å². The minimum atomic E-state index is -0.918. The van der Waals surface area contributed by atoms with Crippen molar-refractivity contribution in [3.8, 4) is 5.75 Å². The van der Waals surface area contributed by atoms with Gasteiger partial charge in [-0.3, -0.25) is 9.78 Å². The van der Waals surface area contributed by atoms with Crippen molar-refractivity contribution in [1.29, 1.82) is 0 Å². The molecule has 152 valence electrons. The summed E-state index contributed by atoms with van der Waals surface area (Å²) in [5, 5.41) is 2.49. The number of benzene rings is 2. The Kier molecular flexibility index (Phi) is 4.86. The molecule has 1 aliphatic heterocycles. The topological polar surface area (TPSA) is 51.2 Å². The lowest BCUT2D eigenvalue weighted by Gasteiger charge is -2.32. The second kappa shape index (κ2) is 7.37. The number of nitrogens with zero attached hydrogens (tertiary/aromatic N) is 1. The molecule has 3 aromatic rings. The van der Waals surface area contributed by atoms with Crippen LogP contribution in [0.15, 0.2) is 60.8 Å². The predicted molar refractivity (Wildman–Crippen MR) is 112 cm³/mol. The first kappa shape index (κ1) is 19.8. The molecule has 2 aromatic carbocycles. The van der Waals surface area contributed by atoms with Crippen LogP contribution in [0.3, 0.4) is 0 Å². The standard InChI is InChI=1S/C24H20F2N2O2/c1-14-6-4-7-16-17(12-24(2,3)30-22(14)16)20-11-10-15(13-27-20)28-23(29)21-18(25)8-5-9-19(21)26/h4-13H,1-3H3,(H,28,29). The van der Waals surface area contributed by atoms with E-state index < -0.39 is 28.7 Å². The van der Waals surface area contributed by atoms with Gasteiger partial charge in [0.2, 0.25) is 0 Å². The number of para-hydroxylation sites is 1. The molecule has 0 unspecified atom stereocenters. The minimum Gasteiger partial charge on any atom is -0.483 e. The third-order valence-corrected chi connectivity index (χ3v) is 4.85. The number of fused-ring (bicyclic) bond motifs is 1. The Morgan fingerprint density at radius 2 is 1.73 bits per heavy atom. The number of rotatable bonds is 3. The number of carbonyl (C=O) groups excluding carboxylic acids is 1. The third-order valence-electron chi connectivity index (χ3n) is 4.85. The zero-order valence-electron chi connectivity index (χ0n) is 16.8. The van der Waals surface area contributed by atoms with Gasteiger partial charge in [0.05, 0.1) is 17.6 Å². The number of carbonyl (C=O) groups is 1. The molecular formula is C24H20F2N2O2. The van der Waals surface area contributed by atoms with Gasteiger partial charge in [-0.25, -0.2) is 8.78 Å². The number of pyridine rings is 1. The minimum absolute atomic E-state index is 0.336. The van der Waals surface area contributed by atoms with E-state index >= 15 is 0 Å². The number of ether oxygens (including phenoxy) is 1. The number of aromatic nitrogens is 1. The number of aryl methyl sites for hydroxylation is 1. The summed E-state index contributed by atoms with van der Waals surface area (Å²) in [5.41, 5.74) is 2.79. The summed E-state index contributed by atoms with van der Waals surface area (Å²) in [4.78, 5) is 16.7. The van der Waals surface area contributed by atoms with E-state index in [1.54, 1.807) is 12.1 Å². The summed E-state index contributed by atoms with van der Waals surface area (Å²) >= 11 is 0. The lowest BCUT2D eigenvalue weighted by molar-refractivity contribution is 0.101. The molecule has 1 aliphatic rings. The van der Waals surface area contributed by atoms with Crippen LogP contribution in [0, 0.1) is 18.6 Å². The number of nitrogens with one attached hydrogen (secondary N) is 1. The maximum absolute atomic E-state index is 13.8. The molecule has 6 heteroatoms. The molecule has 0 atom stereocenters. The Labute approximate surface area is 173 Å². The molecular weight excluding hydrogens is 386 g/mol. The molecule has 1 amide bonds. The Bertz CT molecular complexity index is 1150. The quantitative estimate of drug-likeness (QED) is 0.623. The van der Waals surface area contributed by atoms with Crippen LogP contribution in [0.4, 0.5) is 14.5 Å². The number of anilines is 1. The molecule has 0 bridgehead atoms. The van der Waals surface area contributed by atoms with Crippen LogP contribution in [0.25, 0.3) is 5.57 Å². The van der Waals surface area contributed by atoms with Gasteiger partial charge in [-0.05, 0) is 56.7 Å². The molecule has 1 aromatic heterocycles. The Balaban J connectivity index is 1.64. The molecule has 0 aliphatic carbocycles. The number of hydrogen-bond donors (Lipinski definition) is 1. The molecule has 0 fully saturated rings. The normalized spacial score (nSPS) is 14.4. The largest absolute Gasteiger partial charge is 0.483 e. The van der Waals surface area contributed by atoms with Crippen LogP contribution in [0.1, 0.15) is 41.0 Å². The van der Waals surface area contributed by atoms with Gasteiger partial charge in [-0.2, -0.15) is 0 Å². The van der Waals surface area contributed by atoms with E-state index in [9.17, 15) is 13.6 Å². The van der Waals surface area contributed by atoms with Crippen molar-refractivity contribution in [2.75, 3.05) is 5.32 Å². The number of hydrogen-bond acceptors (Lipinski definition) is 3. The maximum atomic E-state index is 13.8. The maximum Gasteiger partial charge on any atom is 0.261 e. The molecule has 0 spiro atoms. The molecule has 4 rings (SSSR count). The highest BCUT2D eigenvalue weighted by molar-refractivity contribution is 6.04. The van der Waals surface area contributed by atoms with Gasteiger partial charge in [-0.1, -0.05) is 24.3 Å². The SMILES string of the molecule is Cc1cccc2c1OC(C)(C)C=C2c1ccc(NC(=O)c2c(F)cccc2F)cn1. The average Bonchev–Trinajstić information content (AvgIpc) is 2.68. The van der Waals surface area contributed by atoms with Crippen molar-refractivity contribution in [2.24, 2.45) is 0 Å². The monoisotopic (exact) mass is 406 g/mol. The van der Waals surface area contributed by atoms with Crippen LogP contribution in [-0.2, 0) is 0 Å². The van der Waals surface area contributed by atoms with Crippen LogP contribution in [0.5, 0.6) is 5.75 Å². The predicted octanol–water partition coefficient (Wildman–Crippen LogP) is 5.52. The highest BCUT2D eigenvalue weighted by Crippen LogP contribution is 2.40. The van der Waals surface area contributed by atoms with Crippen molar-refractivity contribution in [2.45, 2.75) is 26.4 Å². The van der Waals surface area contributed by atoms with Gasteiger partial charge in [0.25, 0.3) is 5.91 Å². The van der Waals surface area contributed by atoms with E-state index in [1.165, 1.54) is 12.3 Å². The number of amides is 1. The zero-order chi connectivity index (χ0) is 21.5. The fraction of sp³-hybridized carbons (Fsp3) is 0.167. The van der Waals surface area contributed by atoms with E-state index in [-0.39, 0.29) is 0 Å². The van der Waals surface area contributed by atoms with Gasteiger partial charge in [0, 0.05) is 11.1 Å². The Morgan fingerprint density at radius 1 is 1.03 bits per heavy atom. The second-order valence-corrected chi connectivity index (χ2v) is 7.70. The summed E-state index contributed by atoms with van der Waals surface area (Å²) < 4.78 is 33.8. The first-order valence-corrected chi connectivity index (χ1v) is 9.49. The third kappa shape index (κ3) is 3.68. The molecule has 1 N–H and O–H groups in total. The smallest absolute Gasteiger partial charge is 0.261 e. The number of halogens is 2. The molecule has 30 heavy (non-hydrogen) atoms. The summed E-state index contributed by atoms with van der Waals surface area (Å²) in [6.45, 7) is 5.94. The second-order valence-electron chi connectivity index (χ2n) is 7.70. The van der Waals surface area contributed by atoms with Crippen molar-refractivity contribution in [1.82, 2.24) is 4.98 Å². The first-order valence-electron chi connectivity index (χ1n) is 9.49. The van der Waals surface area contributed by atoms with Gasteiger partial charge >= 0.3 is 0 Å². The summed E-state index contributed by atoms with van der Waals surface area (Å²) in [6, 6.07) is 12.6. The summed E-state index contributed by atoms with van der Waals surface area (Å²) in [6.07, 6.45) is 3.47. The lowest BCUT2D eigenvalue weighted by Crippen LogP contribution is -2.29. The molecule has 4 nitrogen and oxygen atoms in total. The Morgan fingerprint density at radius 3 is 2.40 bits per heavy atom. The van der Waals surface area contributed by atoms with E-state index in [1.807, 2.05) is 45.0 Å². The lowest BCUT2D eigenvalue weighted by atomic mass is 9.91. The highest BCUT2D eigenvalue weighted by atomic mass is 19.1.